The van der Waals surface area contributed by atoms with Crippen LogP contribution >= 0.6 is 15.9 Å². The minimum Gasteiger partial charge on any atom is -0.383 e. The van der Waals surface area contributed by atoms with Gasteiger partial charge in [-0.2, -0.15) is 0 Å². The lowest BCUT2D eigenvalue weighted by molar-refractivity contribution is 0.621. The molecule has 1 heterocycles. The van der Waals surface area contributed by atoms with Crippen LogP contribution in [0.4, 0.5) is 10.2 Å². The third-order valence-electron chi connectivity index (χ3n) is 2.74. The third kappa shape index (κ3) is 2.84. The molecule has 1 aromatic carbocycles. The van der Waals surface area contributed by atoms with E-state index < -0.39 is 0 Å². The molecule has 3 N–H and O–H groups in total. The molecular weight excluding hydrogens is 313 g/mol. The Balaban J connectivity index is 2.52. The van der Waals surface area contributed by atoms with Gasteiger partial charge in [-0.05, 0) is 40.5 Å². The summed E-state index contributed by atoms with van der Waals surface area (Å²) in [5, 5.41) is 0. The predicted molar refractivity (Wildman–Crippen MR) is 76.4 cm³/mol. The van der Waals surface area contributed by atoms with Gasteiger partial charge in [0.25, 0.3) is 5.56 Å². The van der Waals surface area contributed by atoms with Crippen LogP contribution in [0.1, 0.15) is 18.9 Å². The summed E-state index contributed by atoms with van der Waals surface area (Å²) >= 11 is 3.09. The van der Waals surface area contributed by atoms with E-state index >= 15 is 0 Å². The molecule has 0 radical (unpaired) electrons. The van der Waals surface area contributed by atoms with Crippen LogP contribution in [0.2, 0.25) is 0 Å². The molecule has 100 valence electrons. The first-order chi connectivity index (χ1) is 9.02. The molecule has 2 aromatic rings. The number of nitrogens with zero attached hydrogens (tertiary/aromatic N) is 1. The number of nitrogen functional groups attached to an aromatic ring is 1. The highest BCUT2D eigenvalue weighted by molar-refractivity contribution is 9.10. The first kappa shape index (κ1) is 13.7. The zero-order chi connectivity index (χ0) is 14.0. The number of benzene rings is 1. The molecule has 2 rings (SSSR count). The summed E-state index contributed by atoms with van der Waals surface area (Å²) in [6.45, 7) is 1.96. The Morgan fingerprint density at radius 3 is 2.79 bits per heavy atom. The molecule has 0 aliphatic carbocycles. The van der Waals surface area contributed by atoms with Crippen LogP contribution in [0.5, 0.6) is 0 Å². The zero-order valence-electron chi connectivity index (χ0n) is 10.3. The third-order valence-corrected chi connectivity index (χ3v) is 3.35. The number of nitrogens with one attached hydrogen (secondary N) is 1. The van der Waals surface area contributed by atoms with Crippen molar-refractivity contribution in [2.45, 2.75) is 19.8 Å². The van der Waals surface area contributed by atoms with Crippen LogP contribution in [0.25, 0.3) is 11.4 Å². The van der Waals surface area contributed by atoms with Crippen LogP contribution in [0, 0.1) is 5.82 Å². The molecule has 0 aliphatic rings. The quantitative estimate of drug-likeness (QED) is 0.911. The fourth-order valence-corrected chi connectivity index (χ4v) is 2.17. The molecule has 0 amide bonds. The first-order valence-corrected chi connectivity index (χ1v) is 6.66. The van der Waals surface area contributed by atoms with Crippen molar-refractivity contribution in [2.24, 2.45) is 0 Å². The van der Waals surface area contributed by atoms with E-state index in [1.807, 2.05) is 6.92 Å². The Hall–Kier alpha value is -1.69. The van der Waals surface area contributed by atoms with Crippen LogP contribution in [-0.4, -0.2) is 9.97 Å². The number of hydrogen-bond donors (Lipinski definition) is 2. The summed E-state index contributed by atoms with van der Waals surface area (Å²) in [5.74, 6) is 0.186. The van der Waals surface area contributed by atoms with Crippen LogP contribution in [-0.2, 0) is 6.42 Å². The molecule has 0 spiro atoms. The summed E-state index contributed by atoms with van der Waals surface area (Å²) in [6.07, 6.45) is 1.40. The van der Waals surface area contributed by atoms with Gasteiger partial charge in [0.15, 0.2) is 0 Å². The molecule has 0 saturated carbocycles. The number of aromatic amines is 1. The maximum absolute atomic E-state index is 13.2. The van der Waals surface area contributed by atoms with Gasteiger partial charge in [0, 0.05) is 5.56 Å². The fraction of sp³-hybridized carbons (Fsp3) is 0.231. The van der Waals surface area contributed by atoms with Crippen molar-refractivity contribution >= 4 is 21.7 Å². The maximum Gasteiger partial charge on any atom is 0.256 e. The molecule has 0 aliphatic heterocycles. The molecule has 0 fully saturated rings. The van der Waals surface area contributed by atoms with Gasteiger partial charge in [0.2, 0.25) is 0 Å². The smallest absolute Gasteiger partial charge is 0.256 e. The van der Waals surface area contributed by atoms with Crippen molar-refractivity contribution in [1.29, 1.82) is 0 Å². The molecule has 1 aromatic heterocycles. The van der Waals surface area contributed by atoms with Crippen molar-refractivity contribution in [3.8, 4) is 11.4 Å². The number of halogens is 2. The number of anilines is 1. The predicted octanol–water partition coefficient (Wildman–Crippen LogP) is 2.87. The van der Waals surface area contributed by atoms with Gasteiger partial charge in [0.1, 0.15) is 17.5 Å². The second-order valence-corrected chi connectivity index (χ2v) is 5.01. The fourth-order valence-electron chi connectivity index (χ4n) is 1.79. The average Bonchev–Trinajstić information content (AvgIpc) is 2.37. The van der Waals surface area contributed by atoms with Crippen molar-refractivity contribution in [2.75, 3.05) is 5.73 Å². The summed E-state index contributed by atoms with van der Waals surface area (Å²) in [6, 6.07) is 4.39. The number of hydrogen-bond acceptors (Lipinski definition) is 3. The molecule has 4 nitrogen and oxygen atoms in total. The van der Waals surface area contributed by atoms with Gasteiger partial charge in [-0.25, -0.2) is 9.37 Å². The van der Waals surface area contributed by atoms with Crippen LogP contribution < -0.4 is 11.3 Å². The SMILES string of the molecule is CCCc1c(N)nc(-c2ccc(F)c(Br)c2)[nH]c1=O. The number of H-pyrrole nitrogens is 1. The second-order valence-electron chi connectivity index (χ2n) is 4.16. The van der Waals surface area contributed by atoms with Gasteiger partial charge in [-0.1, -0.05) is 13.3 Å². The molecule has 0 bridgehead atoms. The molecule has 0 unspecified atom stereocenters. The van der Waals surface area contributed by atoms with E-state index in [1.54, 1.807) is 6.07 Å². The molecule has 0 atom stereocenters. The summed E-state index contributed by atoms with van der Waals surface area (Å²) < 4.78 is 13.5. The number of nitrogens with two attached hydrogens (primary N) is 1. The summed E-state index contributed by atoms with van der Waals surface area (Å²) in [4.78, 5) is 18.8. The first-order valence-electron chi connectivity index (χ1n) is 5.87. The summed E-state index contributed by atoms with van der Waals surface area (Å²) in [5.41, 5.74) is 6.64. The minimum absolute atomic E-state index is 0.223. The van der Waals surface area contributed by atoms with Gasteiger partial charge < -0.3 is 10.7 Å². The zero-order valence-corrected chi connectivity index (χ0v) is 11.9. The molecular formula is C13H13BrFN3O. The van der Waals surface area contributed by atoms with Gasteiger partial charge in [-0.3, -0.25) is 4.79 Å². The van der Waals surface area contributed by atoms with Crippen LogP contribution in [0.15, 0.2) is 27.5 Å². The highest BCUT2D eigenvalue weighted by atomic mass is 79.9. The van der Waals surface area contributed by atoms with Crippen molar-refractivity contribution in [3.05, 3.63) is 44.4 Å². The lowest BCUT2D eigenvalue weighted by Gasteiger charge is -2.07. The van der Waals surface area contributed by atoms with E-state index in [0.29, 0.717) is 27.8 Å². The molecule has 19 heavy (non-hydrogen) atoms. The Labute approximate surface area is 118 Å². The van der Waals surface area contributed by atoms with Crippen molar-refractivity contribution < 1.29 is 4.39 Å². The van der Waals surface area contributed by atoms with Gasteiger partial charge in [-0.15, -0.1) is 0 Å². The Morgan fingerprint density at radius 2 is 2.21 bits per heavy atom. The monoisotopic (exact) mass is 325 g/mol. The molecule has 0 saturated heterocycles. The highest BCUT2D eigenvalue weighted by Gasteiger charge is 2.10. The van der Waals surface area contributed by atoms with Gasteiger partial charge >= 0.3 is 0 Å². The Kier molecular flexibility index (Phi) is 3.99. The Morgan fingerprint density at radius 1 is 1.47 bits per heavy atom. The standard InChI is InChI=1S/C13H13BrFN3O/c1-2-3-8-11(16)17-12(18-13(8)19)7-4-5-10(15)9(14)6-7/h4-6H,2-3H2,1H3,(H3,16,17,18,19). The largest absolute Gasteiger partial charge is 0.383 e. The van der Waals surface area contributed by atoms with E-state index in [-0.39, 0.29) is 17.2 Å². The topological polar surface area (TPSA) is 71.8 Å². The molecule has 6 heteroatoms. The second kappa shape index (κ2) is 5.52. The number of aromatic nitrogens is 2. The van der Waals surface area contributed by atoms with Crippen molar-refractivity contribution in [3.63, 3.8) is 0 Å². The average molecular weight is 326 g/mol. The highest BCUT2D eigenvalue weighted by Crippen LogP contribution is 2.23. The Bertz CT molecular complexity index is 669. The van der Waals surface area contributed by atoms with Crippen molar-refractivity contribution in [1.82, 2.24) is 9.97 Å². The lowest BCUT2D eigenvalue weighted by Crippen LogP contribution is -2.18. The van der Waals surface area contributed by atoms with E-state index in [9.17, 15) is 9.18 Å². The van der Waals surface area contributed by atoms with E-state index in [0.717, 1.165) is 6.42 Å². The maximum atomic E-state index is 13.2. The number of rotatable bonds is 3. The van der Waals surface area contributed by atoms with E-state index in [4.69, 9.17) is 5.73 Å². The van der Waals surface area contributed by atoms with Crippen LogP contribution in [0.3, 0.4) is 0 Å². The normalized spacial score (nSPS) is 10.7. The minimum atomic E-state index is -0.373. The summed E-state index contributed by atoms with van der Waals surface area (Å²) in [7, 11) is 0. The van der Waals surface area contributed by atoms with E-state index in [1.165, 1.54) is 12.1 Å². The lowest BCUT2D eigenvalue weighted by atomic mass is 10.1. The van der Waals surface area contributed by atoms with E-state index in [2.05, 4.69) is 25.9 Å². The van der Waals surface area contributed by atoms with Gasteiger partial charge in [0.05, 0.1) is 10.0 Å².